The number of piperazine rings is 2. The van der Waals surface area contributed by atoms with Crippen LogP contribution in [0, 0.1) is 5.41 Å². The van der Waals surface area contributed by atoms with Crippen molar-refractivity contribution >= 4 is 65.2 Å². The molecule has 0 unspecified atom stereocenters. The van der Waals surface area contributed by atoms with Crippen LogP contribution in [0.1, 0.15) is 49.0 Å². The second kappa shape index (κ2) is 18.3. The number of nitrogens with one attached hydrogen (secondary N) is 3. The van der Waals surface area contributed by atoms with Crippen LogP contribution in [-0.4, -0.2) is 114 Å². The molecule has 0 saturated carbocycles. The number of hydrazine groups is 1. The van der Waals surface area contributed by atoms with Gasteiger partial charge in [-0.3, -0.25) is 9.69 Å². The second-order valence-corrected chi connectivity index (χ2v) is 21.7. The van der Waals surface area contributed by atoms with Gasteiger partial charge in [-0.2, -0.15) is 13.2 Å². The fraction of sp³-hybridized carbons (Fsp3) is 0.370. The molecule has 1 aromatic heterocycles. The van der Waals surface area contributed by atoms with Crippen LogP contribution in [0.15, 0.2) is 106 Å². The van der Waals surface area contributed by atoms with E-state index in [1.165, 1.54) is 22.8 Å². The van der Waals surface area contributed by atoms with Crippen molar-refractivity contribution in [3.05, 3.63) is 113 Å². The fourth-order valence-electron chi connectivity index (χ4n) is 8.53. The standard InChI is InChI=1S/C46H51ClF3N7O6S2/c1-45(2)16-14-33(39(29-45)31-4-6-34(47)7-5-31)30-55-20-22-56(23-21-55)35-8-11-38(42(27-35)63-36-9-12-40-32(26-36)15-17-51-40)44(58)53-65(61,62)37-10-13-41(52-57-24-18-54(3)19-25-57)43(28-37)64(59,60)46(48,49)50/h4-13,15,17,26-28,51-52H,14,16,18-25,29-30H2,1-3H3,(H,53,58). The summed E-state index contributed by atoms with van der Waals surface area (Å²) in [5.74, 6) is -0.747. The summed E-state index contributed by atoms with van der Waals surface area (Å²) in [4.78, 5) is 21.5. The number of H-pyrrole nitrogens is 1. The highest BCUT2D eigenvalue weighted by Crippen LogP contribution is 2.44. The van der Waals surface area contributed by atoms with Crippen molar-refractivity contribution in [3.8, 4) is 11.5 Å². The Labute approximate surface area is 382 Å². The predicted molar refractivity (Wildman–Crippen MR) is 246 cm³/mol. The summed E-state index contributed by atoms with van der Waals surface area (Å²) in [6.07, 6.45) is 4.85. The number of sulfonamides is 1. The first-order valence-electron chi connectivity index (χ1n) is 21.3. The molecule has 0 atom stereocenters. The van der Waals surface area contributed by atoms with Gasteiger partial charge in [0.2, 0.25) is 0 Å². The number of fused-ring (bicyclic) bond motifs is 1. The van der Waals surface area contributed by atoms with Crippen molar-refractivity contribution in [2.75, 3.05) is 76.3 Å². The van der Waals surface area contributed by atoms with Gasteiger partial charge >= 0.3 is 5.51 Å². The first kappa shape index (κ1) is 46.4. The van der Waals surface area contributed by atoms with E-state index in [4.69, 9.17) is 16.3 Å². The number of ether oxygens (including phenoxy) is 1. The van der Waals surface area contributed by atoms with Crippen LogP contribution < -0.4 is 19.8 Å². The summed E-state index contributed by atoms with van der Waals surface area (Å²) in [6.45, 7) is 10.1. The number of anilines is 2. The van der Waals surface area contributed by atoms with Gasteiger partial charge in [0.1, 0.15) is 16.4 Å². The first-order chi connectivity index (χ1) is 30.7. The Bertz CT molecular complexity index is 2840. The molecule has 13 nitrogen and oxygen atoms in total. The van der Waals surface area contributed by atoms with Gasteiger partial charge in [0.05, 0.1) is 16.1 Å². The number of alkyl halides is 3. The van der Waals surface area contributed by atoms with E-state index >= 15 is 0 Å². The Balaban J connectivity index is 1.04. The van der Waals surface area contributed by atoms with Gasteiger partial charge in [0.15, 0.2) is 0 Å². The SMILES string of the molecule is CN1CCN(Nc2ccc(S(=O)(=O)NC(=O)c3ccc(N4CCN(CC5=C(c6ccc(Cl)cc6)CC(C)(C)CC5)CC4)cc3Oc3ccc4[nH]ccc4c3)cc2S(=O)(=O)C(F)(F)F)CC1. The molecule has 8 rings (SSSR count). The molecule has 346 valence electrons. The van der Waals surface area contributed by atoms with Crippen molar-refractivity contribution in [2.45, 2.75) is 48.4 Å². The molecule has 19 heteroatoms. The van der Waals surface area contributed by atoms with Crippen LogP contribution in [0.25, 0.3) is 16.5 Å². The normalized spacial score (nSPS) is 18.2. The number of likely N-dealkylation sites (N-methyl/N-ethyl adjacent to an activating group) is 1. The van der Waals surface area contributed by atoms with Gasteiger partial charge in [-0.1, -0.05) is 43.2 Å². The number of carbonyl (C=O) groups excluding carboxylic acids is 1. The summed E-state index contributed by atoms with van der Waals surface area (Å²) >= 11 is 6.23. The molecular weight excluding hydrogens is 903 g/mol. The van der Waals surface area contributed by atoms with E-state index in [9.17, 15) is 34.8 Å². The molecule has 0 bridgehead atoms. The van der Waals surface area contributed by atoms with Crippen molar-refractivity contribution in [1.82, 2.24) is 24.5 Å². The molecule has 0 radical (unpaired) electrons. The van der Waals surface area contributed by atoms with Crippen LogP contribution >= 0.6 is 11.6 Å². The Morgan fingerprint density at radius 1 is 0.862 bits per heavy atom. The van der Waals surface area contributed by atoms with E-state index in [1.54, 1.807) is 41.5 Å². The molecule has 3 aliphatic rings. The van der Waals surface area contributed by atoms with Crippen LogP contribution in [0.2, 0.25) is 5.02 Å². The zero-order valence-corrected chi connectivity index (χ0v) is 38.6. The molecule has 0 spiro atoms. The number of nitrogens with zero attached hydrogens (tertiary/aromatic N) is 4. The lowest BCUT2D eigenvalue weighted by molar-refractivity contribution is -0.0436. The third-order valence-corrected chi connectivity index (χ3v) is 15.5. The second-order valence-electron chi connectivity index (χ2n) is 17.6. The number of rotatable bonds is 12. The van der Waals surface area contributed by atoms with E-state index in [0.717, 1.165) is 67.6 Å². The number of carbonyl (C=O) groups is 1. The minimum Gasteiger partial charge on any atom is -0.456 e. The third-order valence-electron chi connectivity index (χ3n) is 12.4. The highest BCUT2D eigenvalue weighted by atomic mass is 35.5. The molecule has 2 aliphatic heterocycles. The zero-order valence-electron chi connectivity index (χ0n) is 36.2. The molecular formula is C46H51ClF3N7O6S2. The smallest absolute Gasteiger partial charge is 0.456 e. The van der Waals surface area contributed by atoms with Crippen molar-refractivity contribution in [3.63, 3.8) is 0 Å². The van der Waals surface area contributed by atoms with Gasteiger partial charge in [0.25, 0.3) is 25.8 Å². The number of amides is 1. The van der Waals surface area contributed by atoms with Crippen LogP contribution in [0.5, 0.6) is 11.5 Å². The van der Waals surface area contributed by atoms with Crippen molar-refractivity contribution < 1.29 is 39.5 Å². The first-order valence-corrected chi connectivity index (χ1v) is 24.7. The molecule has 4 aromatic carbocycles. The molecule has 5 aromatic rings. The summed E-state index contributed by atoms with van der Waals surface area (Å²) in [5, 5.41) is 3.08. The van der Waals surface area contributed by atoms with Crippen LogP contribution in [-0.2, 0) is 19.9 Å². The largest absolute Gasteiger partial charge is 0.501 e. The number of benzene rings is 4. The Morgan fingerprint density at radius 3 is 2.29 bits per heavy atom. The highest BCUT2D eigenvalue weighted by Gasteiger charge is 2.48. The quantitative estimate of drug-likeness (QED) is 0.111. The highest BCUT2D eigenvalue weighted by molar-refractivity contribution is 7.92. The Morgan fingerprint density at radius 2 is 1.58 bits per heavy atom. The van der Waals surface area contributed by atoms with Gasteiger partial charge in [-0.05, 0) is 110 Å². The van der Waals surface area contributed by atoms with Gasteiger partial charge in [-0.15, -0.1) is 0 Å². The predicted octanol–water partition coefficient (Wildman–Crippen LogP) is 8.39. The maximum absolute atomic E-state index is 14.0. The lowest BCUT2D eigenvalue weighted by atomic mass is 9.72. The minimum atomic E-state index is -6.04. The minimum absolute atomic E-state index is 0.0298. The zero-order chi connectivity index (χ0) is 46.3. The number of allylic oxidation sites excluding steroid dienone is 1. The number of aromatic amines is 1. The number of aromatic nitrogens is 1. The Hall–Kier alpha value is -5.11. The summed E-state index contributed by atoms with van der Waals surface area (Å²) in [5.41, 5.74) is 2.10. The monoisotopic (exact) mass is 953 g/mol. The molecule has 1 amide bonds. The summed E-state index contributed by atoms with van der Waals surface area (Å²) in [6, 6.07) is 22.3. The van der Waals surface area contributed by atoms with E-state index in [2.05, 4.69) is 46.2 Å². The van der Waals surface area contributed by atoms with Gasteiger partial charge < -0.3 is 24.9 Å². The molecule has 3 heterocycles. The van der Waals surface area contributed by atoms with E-state index in [-0.39, 0.29) is 16.7 Å². The third kappa shape index (κ3) is 10.5. The van der Waals surface area contributed by atoms with E-state index < -0.39 is 46.8 Å². The van der Waals surface area contributed by atoms with Gasteiger partial charge in [0, 0.05) is 92.8 Å². The molecule has 1 aliphatic carbocycles. The maximum Gasteiger partial charge on any atom is 0.501 e. The van der Waals surface area contributed by atoms with E-state index in [0.29, 0.717) is 56.1 Å². The van der Waals surface area contributed by atoms with Crippen LogP contribution in [0.4, 0.5) is 24.5 Å². The lowest BCUT2D eigenvalue weighted by Gasteiger charge is -2.39. The summed E-state index contributed by atoms with van der Waals surface area (Å²) < 4.78 is 103. The molecule has 2 saturated heterocycles. The topological polar surface area (TPSA) is 147 Å². The average molecular weight is 955 g/mol. The molecule has 65 heavy (non-hydrogen) atoms. The van der Waals surface area contributed by atoms with E-state index in [1.807, 2.05) is 34.9 Å². The fourth-order valence-corrected chi connectivity index (χ4v) is 10.7. The number of hydrogen-bond acceptors (Lipinski definition) is 11. The number of sulfone groups is 1. The maximum atomic E-state index is 14.0. The van der Waals surface area contributed by atoms with Crippen molar-refractivity contribution in [2.24, 2.45) is 5.41 Å². The van der Waals surface area contributed by atoms with Crippen LogP contribution in [0.3, 0.4) is 0 Å². The molecule has 3 N–H and O–H groups in total. The van der Waals surface area contributed by atoms with Gasteiger partial charge in [-0.25, -0.2) is 26.6 Å². The van der Waals surface area contributed by atoms with Crippen molar-refractivity contribution in [1.29, 1.82) is 0 Å². The number of halogens is 4. The number of hydrogen-bond donors (Lipinski definition) is 3. The summed E-state index contributed by atoms with van der Waals surface area (Å²) in [7, 11) is -9.12. The lowest BCUT2D eigenvalue weighted by Crippen LogP contribution is -2.47. The molecule has 2 fully saturated rings. The average Bonchev–Trinajstić information content (AvgIpc) is 3.73. The Kier molecular flexibility index (Phi) is 13.1.